The number of thiophene rings is 1. The number of carbonyl (C=O) groups is 3. The van der Waals surface area contributed by atoms with Gasteiger partial charge in [0, 0.05) is 9.90 Å². The topological polar surface area (TPSA) is 114 Å². The molecule has 3 rings (SSSR count). The third kappa shape index (κ3) is 4.84. The van der Waals surface area contributed by atoms with E-state index in [1.54, 1.807) is 24.3 Å². The maximum absolute atomic E-state index is 13.2. The van der Waals surface area contributed by atoms with Crippen LogP contribution in [0.2, 0.25) is 5.02 Å². The van der Waals surface area contributed by atoms with E-state index in [-0.39, 0.29) is 22.5 Å². The Morgan fingerprint density at radius 2 is 2.17 bits per heavy atom. The average Bonchev–Trinajstić information content (AvgIpc) is 3.23. The Morgan fingerprint density at radius 3 is 2.80 bits per heavy atom. The zero-order valence-electron chi connectivity index (χ0n) is 16.0. The number of carbonyl (C=O) groups excluding carboxylic acids is 3. The molecule has 4 amide bonds. The van der Waals surface area contributed by atoms with Gasteiger partial charge in [-0.25, -0.2) is 14.7 Å². The molecule has 0 saturated heterocycles. The number of methoxy groups -OCH3 is 1. The number of hydrogen-bond acceptors (Lipinski definition) is 7. The van der Waals surface area contributed by atoms with Crippen LogP contribution in [0.4, 0.5) is 10.5 Å². The van der Waals surface area contributed by atoms with E-state index in [1.165, 1.54) is 23.3 Å². The van der Waals surface area contributed by atoms with Crippen LogP contribution in [0.5, 0.6) is 5.75 Å². The quantitative estimate of drug-likeness (QED) is 0.658. The van der Waals surface area contributed by atoms with Gasteiger partial charge in [0.25, 0.3) is 5.91 Å². The molecule has 2 aromatic rings. The van der Waals surface area contributed by atoms with Gasteiger partial charge in [-0.3, -0.25) is 14.9 Å². The number of nitrogens with zero attached hydrogens (tertiary/aromatic N) is 2. The van der Waals surface area contributed by atoms with Crippen LogP contribution < -0.4 is 20.7 Å². The van der Waals surface area contributed by atoms with Gasteiger partial charge in [0.1, 0.15) is 11.4 Å². The maximum atomic E-state index is 13.2. The third-order valence-corrected chi connectivity index (χ3v) is 6.12. The van der Waals surface area contributed by atoms with Gasteiger partial charge in [0.2, 0.25) is 5.91 Å². The molecule has 30 heavy (non-hydrogen) atoms. The maximum Gasteiger partial charge on any atom is 0.318 e. The number of urea groups is 1. The van der Waals surface area contributed by atoms with Crippen molar-refractivity contribution < 1.29 is 19.1 Å². The number of primary amides is 1. The number of amides is 4. The van der Waals surface area contributed by atoms with Gasteiger partial charge in [-0.1, -0.05) is 23.4 Å². The minimum Gasteiger partial charge on any atom is -0.495 e. The highest BCUT2D eigenvalue weighted by Crippen LogP contribution is 2.37. The number of benzene rings is 1. The number of hydrogen-bond donors (Lipinski definition) is 2. The second-order valence-corrected chi connectivity index (χ2v) is 8.38. The van der Waals surface area contributed by atoms with Crippen molar-refractivity contribution in [3.05, 3.63) is 50.8 Å². The predicted octanol–water partition coefficient (Wildman–Crippen LogP) is 3.39. The molecule has 0 unspecified atom stereocenters. The lowest BCUT2D eigenvalue weighted by Crippen LogP contribution is -2.37. The summed E-state index contributed by atoms with van der Waals surface area (Å²) in [7, 11) is 1.48. The van der Waals surface area contributed by atoms with Crippen molar-refractivity contribution in [2.45, 2.75) is 6.92 Å². The highest BCUT2D eigenvalue weighted by molar-refractivity contribution is 8.14. The fourth-order valence-corrected chi connectivity index (χ4v) is 4.43. The molecule has 0 saturated carbocycles. The summed E-state index contributed by atoms with van der Waals surface area (Å²) in [5.74, 6) is -0.746. The zero-order chi connectivity index (χ0) is 21.8. The number of thioether (sulfide) groups is 1. The number of aliphatic imine (C=N–C) groups is 1. The molecule has 3 N–H and O–H groups in total. The third-order valence-electron chi connectivity index (χ3n) is 3.98. The number of ether oxygens (including phenoxy) is 1. The summed E-state index contributed by atoms with van der Waals surface area (Å²) in [5.41, 5.74) is 6.59. The molecule has 0 atom stereocenters. The minimum atomic E-state index is -0.952. The lowest BCUT2D eigenvalue weighted by molar-refractivity contribution is -0.117. The average molecular weight is 465 g/mol. The van der Waals surface area contributed by atoms with Crippen molar-refractivity contribution in [1.29, 1.82) is 0 Å². The monoisotopic (exact) mass is 464 g/mol. The van der Waals surface area contributed by atoms with Crippen molar-refractivity contribution in [2.24, 2.45) is 10.7 Å². The molecular formula is C19H17ClN4O4S2. The summed E-state index contributed by atoms with van der Waals surface area (Å²) in [6.07, 6.45) is 1.70. The Balaban J connectivity index is 1.99. The van der Waals surface area contributed by atoms with E-state index in [9.17, 15) is 14.4 Å². The molecule has 1 aliphatic rings. The normalized spacial score (nSPS) is 14.8. The summed E-state index contributed by atoms with van der Waals surface area (Å²) in [4.78, 5) is 42.6. The van der Waals surface area contributed by atoms with Crippen LogP contribution in [0.1, 0.15) is 10.4 Å². The van der Waals surface area contributed by atoms with Crippen molar-refractivity contribution in [1.82, 2.24) is 5.32 Å². The van der Waals surface area contributed by atoms with Crippen LogP contribution >= 0.6 is 34.7 Å². The zero-order valence-corrected chi connectivity index (χ0v) is 18.4. The number of nitrogens with one attached hydrogen (secondary N) is 1. The highest BCUT2D eigenvalue weighted by Gasteiger charge is 2.34. The van der Waals surface area contributed by atoms with Crippen LogP contribution in [-0.2, 0) is 9.59 Å². The first kappa shape index (κ1) is 21.9. The summed E-state index contributed by atoms with van der Waals surface area (Å²) < 4.78 is 5.37. The number of halogens is 1. The van der Waals surface area contributed by atoms with Gasteiger partial charge in [-0.05, 0) is 48.2 Å². The first-order valence-electron chi connectivity index (χ1n) is 8.54. The molecule has 11 heteroatoms. The second-order valence-electron chi connectivity index (χ2n) is 6.05. The van der Waals surface area contributed by atoms with Crippen LogP contribution in [-0.4, -0.2) is 35.9 Å². The van der Waals surface area contributed by atoms with E-state index in [1.807, 2.05) is 23.7 Å². The van der Waals surface area contributed by atoms with Crippen molar-refractivity contribution in [2.75, 3.05) is 17.8 Å². The molecule has 1 aromatic heterocycles. The van der Waals surface area contributed by atoms with Gasteiger partial charge < -0.3 is 10.5 Å². The van der Waals surface area contributed by atoms with Gasteiger partial charge in [0.15, 0.2) is 5.17 Å². The van der Waals surface area contributed by atoms with E-state index in [4.69, 9.17) is 22.1 Å². The molecule has 1 aliphatic heterocycles. The van der Waals surface area contributed by atoms with Crippen molar-refractivity contribution in [3.8, 4) is 5.75 Å². The molecule has 8 nitrogen and oxygen atoms in total. The molecular weight excluding hydrogens is 448 g/mol. The van der Waals surface area contributed by atoms with Crippen LogP contribution in [0.15, 0.2) is 40.3 Å². The number of amidine groups is 1. The summed E-state index contributed by atoms with van der Waals surface area (Å²) >= 11 is 8.61. The fourth-order valence-electron chi connectivity index (χ4n) is 2.60. The highest BCUT2D eigenvalue weighted by atomic mass is 35.5. The molecule has 0 bridgehead atoms. The van der Waals surface area contributed by atoms with Crippen LogP contribution in [0.3, 0.4) is 0 Å². The Bertz CT molecular complexity index is 1080. The van der Waals surface area contributed by atoms with Crippen LogP contribution in [0.25, 0.3) is 6.08 Å². The van der Waals surface area contributed by atoms with Crippen LogP contribution in [0, 0.1) is 6.92 Å². The number of aryl methyl sites for hydroxylation is 1. The molecule has 156 valence electrons. The largest absolute Gasteiger partial charge is 0.495 e. The van der Waals surface area contributed by atoms with E-state index < -0.39 is 11.9 Å². The lowest BCUT2D eigenvalue weighted by atomic mass is 10.2. The SMILES string of the molecule is COc1ccc(Cl)cc1N1C(=O)/C(=C\c2sccc2C)N=C1SCC(=O)NC(N)=O. The van der Waals surface area contributed by atoms with E-state index >= 15 is 0 Å². The number of anilines is 1. The second kappa shape index (κ2) is 9.33. The summed E-state index contributed by atoms with van der Waals surface area (Å²) in [5, 5.41) is 4.56. The van der Waals surface area contributed by atoms with E-state index in [2.05, 4.69) is 4.99 Å². The molecule has 0 radical (unpaired) electrons. The van der Waals surface area contributed by atoms with E-state index in [0.717, 1.165) is 22.2 Å². The smallest absolute Gasteiger partial charge is 0.318 e. The van der Waals surface area contributed by atoms with E-state index in [0.29, 0.717) is 16.5 Å². The molecule has 0 aliphatic carbocycles. The molecule has 2 heterocycles. The van der Waals surface area contributed by atoms with Gasteiger partial charge in [-0.15, -0.1) is 11.3 Å². The van der Waals surface area contributed by atoms with Gasteiger partial charge >= 0.3 is 6.03 Å². The summed E-state index contributed by atoms with van der Waals surface area (Å²) in [6, 6.07) is 5.85. The number of imide groups is 1. The first-order valence-corrected chi connectivity index (χ1v) is 10.8. The van der Waals surface area contributed by atoms with Gasteiger partial charge in [-0.2, -0.15) is 0 Å². The lowest BCUT2D eigenvalue weighted by Gasteiger charge is -2.20. The fraction of sp³-hybridized carbons (Fsp3) is 0.158. The Labute approximate surface area is 185 Å². The molecule has 1 aromatic carbocycles. The molecule has 0 spiro atoms. The number of rotatable bonds is 5. The van der Waals surface area contributed by atoms with Crippen molar-refractivity contribution in [3.63, 3.8) is 0 Å². The first-order chi connectivity index (χ1) is 14.3. The predicted molar refractivity (Wildman–Crippen MR) is 120 cm³/mol. The Hall–Kier alpha value is -2.82. The standard InChI is InChI=1S/C19H17ClN4O4S2/c1-10-5-6-29-15(10)8-12-17(26)24(13-7-11(20)3-4-14(13)28-2)19(22-12)30-9-16(25)23-18(21)27/h3-8H,9H2,1-2H3,(H3,21,23,25,27)/b12-8+. The van der Waals surface area contributed by atoms with Gasteiger partial charge in [0.05, 0.1) is 18.6 Å². The number of nitrogens with two attached hydrogens (primary N) is 1. The Kier molecular flexibility index (Phi) is 6.80. The minimum absolute atomic E-state index is 0.167. The van der Waals surface area contributed by atoms with Crippen molar-refractivity contribution >= 4 is 69.5 Å². The summed E-state index contributed by atoms with van der Waals surface area (Å²) in [6.45, 7) is 1.94. The Morgan fingerprint density at radius 1 is 1.40 bits per heavy atom. The molecule has 0 fully saturated rings.